The topological polar surface area (TPSA) is 28.1 Å². The van der Waals surface area contributed by atoms with Gasteiger partial charge in [-0.3, -0.25) is 0 Å². The third-order valence-corrected chi connectivity index (χ3v) is 3.03. The normalized spacial score (nSPS) is 28.8. The fourth-order valence-electron chi connectivity index (χ4n) is 2.07. The van der Waals surface area contributed by atoms with Gasteiger partial charge < -0.3 is 14.5 Å². The molecule has 16 heavy (non-hydrogen) atoms. The van der Waals surface area contributed by atoms with Gasteiger partial charge in [-0.25, -0.2) is 4.99 Å². The number of halogens is 1. The van der Waals surface area contributed by atoms with Crippen LogP contribution >= 0.6 is 24.0 Å². The van der Waals surface area contributed by atoms with Crippen molar-refractivity contribution in [2.45, 2.75) is 31.9 Å². The van der Waals surface area contributed by atoms with Crippen LogP contribution in [0.15, 0.2) is 4.99 Å². The van der Waals surface area contributed by atoms with E-state index >= 15 is 0 Å². The van der Waals surface area contributed by atoms with Crippen molar-refractivity contribution in [3.05, 3.63) is 0 Å². The molecular weight excluding hydrogens is 317 g/mol. The number of ether oxygens (including phenoxy) is 1. The van der Waals surface area contributed by atoms with Gasteiger partial charge in [-0.2, -0.15) is 0 Å². The van der Waals surface area contributed by atoms with Gasteiger partial charge in [0.05, 0.1) is 12.1 Å². The zero-order valence-corrected chi connectivity index (χ0v) is 12.7. The average molecular weight is 339 g/mol. The van der Waals surface area contributed by atoms with E-state index in [4.69, 9.17) is 9.73 Å². The molecule has 0 aromatic heterocycles. The molecule has 0 N–H and O–H groups in total. The molecule has 94 valence electrons. The number of hydrogen-bond acceptors (Lipinski definition) is 2. The maximum atomic E-state index is 5.53. The molecule has 2 fully saturated rings. The summed E-state index contributed by atoms with van der Waals surface area (Å²) in [4.78, 5) is 9.23. The molecule has 1 aliphatic heterocycles. The minimum Gasteiger partial charge on any atom is -0.376 e. The summed E-state index contributed by atoms with van der Waals surface area (Å²) < 4.78 is 5.53. The number of hydrogen-bond donors (Lipinski definition) is 0. The average Bonchev–Trinajstić information content (AvgIpc) is 2.91. The summed E-state index contributed by atoms with van der Waals surface area (Å²) in [7, 11) is 4.24. The van der Waals surface area contributed by atoms with Gasteiger partial charge in [0.25, 0.3) is 0 Å². The Kier molecular flexibility index (Phi) is 5.30. The summed E-state index contributed by atoms with van der Waals surface area (Å²) in [6.45, 7) is 5.09. The maximum Gasteiger partial charge on any atom is 0.196 e. The molecule has 1 saturated carbocycles. The highest BCUT2D eigenvalue weighted by molar-refractivity contribution is 14.0. The van der Waals surface area contributed by atoms with E-state index in [9.17, 15) is 0 Å². The molecule has 1 heterocycles. The second-order valence-electron chi connectivity index (χ2n) is 4.42. The first-order chi connectivity index (χ1) is 7.22. The molecule has 2 atom stereocenters. The van der Waals surface area contributed by atoms with Crippen LogP contribution in [0.3, 0.4) is 0 Å². The van der Waals surface area contributed by atoms with Gasteiger partial charge >= 0.3 is 0 Å². The molecule has 0 unspecified atom stereocenters. The third-order valence-electron chi connectivity index (χ3n) is 3.03. The van der Waals surface area contributed by atoms with Crippen molar-refractivity contribution < 1.29 is 4.74 Å². The minimum absolute atomic E-state index is 0. The Labute approximate surface area is 115 Å². The number of nitrogens with zero attached hydrogens (tertiary/aromatic N) is 3. The van der Waals surface area contributed by atoms with Crippen molar-refractivity contribution >= 4 is 29.9 Å². The van der Waals surface area contributed by atoms with Gasteiger partial charge in [-0.15, -0.1) is 24.0 Å². The van der Waals surface area contributed by atoms with Crippen molar-refractivity contribution in [2.75, 3.05) is 33.8 Å². The standard InChI is InChI=1S/C11H21N3O.HI/c1-4-15-10-8-9(10)12-11-13(2)6-5-7-14(11)3;/h9-10H,4-8H2,1-3H3;1H/t9-,10-;/m1./s1. The van der Waals surface area contributed by atoms with Gasteiger partial charge in [-0.1, -0.05) is 0 Å². The Morgan fingerprint density at radius 3 is 2.50 bits per heavy atom. The third kappa shape index (κ3) is 3.23. The van der Waals surface area contributed by atoms with Crippen LogP contribution in [0.5, 0.6) is 0 Å². The first-order valence-electron chi connectivity index (χ1n) is 5.84. The van der Waals surface area contributed by atoms with Crippen LogP contribution in [-0.4, -0.2) is 61.7 Å². The molecule has 0 aromatic rings. The highest BCUT2D eigenvalue weighted by Gasteiger charge is 2.39. The van der Waals surface area contributed by atoms with E-state index in [-0.39, 0.29) is 24.0 Å². The maximum absolute atomic E-state index is 5.53. The van der Waals surface area contributed by atoms with Crippen molar-refractivity contribution in [3.63, 3.8) is 0 Å². The Hall–Kier alpha value is -0.0400. The second-order valence-corrected chi connectivity index (χ2v) is 4.42. The van der Waals surface area contributed by atoms with Crippen molar-refractivity contribution in [1.82, 2.24) is 9.80 Å². The molecule has 2 rings (SSSR count). The molecule has 0 amide bonds. The molecule has 2 aliphatic rings. The monoisotopic (exact) mass is 339 g/mol. The molecule has 1 saturated heterocycles. The molecule has 4 nitrogen and oxygen atoms in total. The smallest absolute Gasteiger partial charge is 0.196 e. The van der Waals surface area contributed by atoms with Gasteiger partial charge in [-0.05, 0) is 13.3 Å². The van der Waals surface area contributed by atoms with Crippen LogP contribution in [0, 0.1) is 0 Å². The predicted octanol–water partition coefficient (Wildman–Crippen LogP) is 1.41. The highest BCUT2D eigenvalue weighted by atomic mass is 127. The molecule has 0 bridgehead atoms. The van der Waals surface area contributed by atoms with Gasteiger partial charge in [0.1, 0.15) is 0 Å². The van der Waals surface area contributed by atoms with E-state index in [0.29, 0.717) is 12.1 Å². The van der Waals surface area contributed by atoms with Crippen molar-refractivity contribution in [1.29, 1.82) is 0 Å². The minimum atomic E-state index is 0. The van der Waals surface area contributed by atoms with Crippen LogP contribution < -0.4 is 0 Å². The van der Waals surface area contributed by atoms with E-state index in [1.165, 1.54) is 6.42 Å². The van der Waals surface area contributed by atoms with E-state index in [0.717, 1.165) is 32.1 Å². The largest absolute Gasteiger partial charge is 0.376 e. The molecule has 0 aromatic carbocycles. The fourth-order valence-corrected chi connectivity index (χ4v) is 2.07. The number of rotatable bonds is 3. The molecule has 0 spiro atoms. The van der Waals surface area contributed by atoms with Crippen LogP contribution in [0.4, 0.5) is 0 Å². The Morgan fingerprint density at radius 2 is 1.94 bits per heavy atom. The summed E-state index contributed by atoms with van der Waals surface area (Å²) in [6.07, 6.45) is 2.70. The van der Waals surface area contributed by atoms with Crippen LogP contribution in [0.1, 0.15) is 19.8 Å². The zero-order valence-electron chi connectivity index (χ0n) is 10.3. The van der Waals surface area contributed by atoms with Crippen LogP contribution in [0.25, 0.3) is 0 Å². The zero-order chi connectivity index (χ0) is 10.8. The van der Waals surface area contributed by atoms with Crippen LogP contribution in [-0.2, 0) is 4.74 Å². The molecular formula is C11H22IN3O. The first kappa shape index (κ1) is 14.0. The lowest BCUT2D eigenvalue weighted by Crippen LogP contribution is -2.46. The van der Waals surface area contributed by atoms with Crippen molar-refractivity contribution in [3.8, 4) is 0 Å². The summed E-state index contributed by atoms with van der Waals surface area (Å²) >= 11 is 0. The summed E-state index contributed by atoms with van der Waals surface area (Å²) in [5, 5.41) is 0. The van der Waals surface area contributed by atoms with Crippen LogP contribution in [0.2, 0.25) is 0 Å². The molecule has 0 radical (unpaired) electrons. The van der Waals surface area contributed by atoms with Gasteiger partial charge in [0, 0.05) is 40.2 Å². The molecule has 5 heteroatoms. The lowest BCUT2D eigenvalue weighted by Gasteiger charge is -2.34. The number of guanidine groups is 1. The molecule has 1 aliphatic carbocycles. The Balaban J connectivity index is 0.00000128. The van der Waals surface area contributed by atoms with E-state index in [2.05, 4.69) is 23.9 Å². The summed E-state index contributed by atoms with van der Waals surface area (Å²) in [5.41, 5.74) is 0. The number of aliphatic imine (C=N–C) groups is 1. The fraction of sp³-hybridized carbons (Fsp3) is 0.909. The lowest BCUT2D eigenvalue weighted by molar-refractivity contribution is 0.128. The SMILES string of the molecule is CCO[C@@H]1C[C@H]1N=C1N(C)CCCN1C.I. The Bertz CT molecular complexity index is 248. The van der Waals surface area contributed by atoms with E-state index in [1.54, 1.807) is 0 Å². The van der Waals surface area contributed by atoms with E-state index in [1.807, 2.05) is 6.92 Å². The highest BCUT2D eigenvalue weighted by Crippen LogP contribution is 2.29. The first-order valence-corrected chi connectivity index (χ1v) is 5.84. The predicted molar refractivity (Wildman–Crippen MR) is 76.5 cm³/mol. The second kappa shape index (κ2) is 6.05. The lowest BCUT2D eigenvalue weighted by atomic mass is 10.3. The quantitative estimate of drug-likeness (QED) is 0.728. The summed E-state index contributed by atoms with van der Waals surface area (Å²) in [6, 6.07) is 0.406. The Morgan fingerprint density at radius 1 is 1.31 bits per heavy atom. The van der Waals surface area contributed by atoms with Gasteiger partial charge in [0.2, 0.25) is 0 Å². The van der Waals surface area contributed by atoms with Gasteiger partial charge in [0.15, 0.2) is 5.96 Å². The summed E-state index contributed by atoms with van der Waals surface area (Å²) in [5.74, 6) is 1.13. The van der Waals surface area contributed by atoms with Crippen molar-refractivity contribution in [2.24, 2.45) is 4.99 Å². The van der Waals surface area contributed by atoms with E-state index < -0.39 is 0 Å².